The first-order chi connectivity index (χ1) is 14.4. The lowest BCUT2D eigenvalue weighted by Crippen LogP contribution is -2.28. The van der Waals surface area contributed by atoms with Gasteiger partial charge in [0.05, 0.1) is 12.5 Å². The number of amides is 2. The van der Waals surface area contributed by atoms with E-state index in [0.29, 0.717) is 18.0 Å². The van der Waals surface area contributed by atoms with Crippen LogP contribution in [-0.4, -0.2) is 37.5 Å². The van der Waals surface area contributed by atoms with E-state index in [1.54, 1.807) is 29.2 Å². The van der Waals surface area contributed by atoms with E-state index in [4.69, 9.17) is 9.47 Å². The zero-order chi connectivity index (χ0) is 21.7. The van der Waals surface area contributed by atoms with Crippen LogP contribution < -0.4 is 15.0 Å². The van der Waals surface area contributed by atoms with E-state index in [1.807, 2.05) is 39.0 Å². The normalized spacial score (nSPS) is 15.8. The highest BCUT2D eigenvalue weighted by Crippen LogP contribution is 2.27. The SMILES string of the molecule is CCOc1ccc(NC(=O)COC(=O)[C@@H]2CC(=O)N(c3cc(C)cc(C)c3)C2)cc1. The molecule has 0 saturated carbocycles. The van der Waals surface area contributed by atoms with Gasteiger partial charge < -0.3 is 19.7 Å². The lowest BCUT2D eigenvalue weighted by molar-refractivity contribution is -0.151. The Balaban J connectivity index is 1.51. The fourth-order valence-electron chi connectivity index (χ4n) is 3.47. The molecule has 1 heterocycles. The minimum atomic E-state index is -0.586. The van der Waals surface area contributed by atoms with Gasteiger partial charge >= 0.3 is 5.97 Å². The molecular formula is C23H26N2O5. The number of nitrogens with zero attached hydrogens (tertiary/aromatic N) is 1. The van der Waals surface area contributed by atoms with Gasteiger partial charge in [0.25, 0.3) is 5.91 Å². The van der Waals surface area contributed by atoms with E-state index < -0.39 is 24.4 Å². The molecule has 7 nitrogen and oxygen atoms in total. The van der Waals surface area contributed by atoms with Crippen LogP contribution in [0.15, 0.2) is 42.5 Å². The average molecular weight is 410 g/mol. The summed E-state index contributed by atoms with van der Waals surface area (Å²) in [6.45, 7) is 6.23. The Labute approximate surface area is 176 Å². The number of nitrogens with one attached hydrogen (secondary N) is 1. The minimum absolute atomic E-state index is 0.0757. The fraction of sp³-hybridized carbons (Fsp3) is 0.348. The molecule has 0 radical (unpaired) electrons. The van der Waals surface area contributed by atoms with E-state index in [0.717, 1.165) is 16.8 Å². The third-order valence-electron chi connectivity index (χ3n) is 4.77. The second-order valence-corrected chi connectivity index (χ2v) is 7.36. The highest BCUT2D eigenvalue weighted by atomic mass is 16.5. The molecular weight excluding hydrogens is 384 g/mol. The Morgan fingerprint density at radius 1 is 1.10 bits per heavy atom. The molecule has 0 unspecified atom stereocenters. The van der Waals surface area contributed by atoms with Gasteiger partial charge in [-0.25, -0.2) is 0 Å². The molecule has 1 N–H and O–H groups in total. The number of rotatable bonds is 7. The van der Waals surface area contributed by atoms with Crippen molar-refractivity contribution in [3.05, 3.63) is 53.6 Å². The van der Waals surface area contributed by atoms with Crippen molar-refractivity contribution >= 4 is 29.2 Å². The summed E-state index contributed by atoms with van der Waals surface area (Å²) < 4.78 is 10.5. The average Bonchev–Trinajstić information content (AvgIpc) is 3.09. The topological polar surface area (TPSA) is 84.9 Å². The maximum Gasteiger partial charge on any atom is 0.311 e. The molecule has 1 fully saturated rings. The van der Waals surface area contributed by atoms with Crippen LogP contribution in [0, 0.1) is 19.8 Å². The first-order valence-electron chi connectivity index (χ1n) is 9.93. The molecule has 30 heavy (non-hydrogen) atoms. The van der Waals surface area contributed by atoms with Crippen LogP contribution in [-0.2, 0) is 19.1 Å². The first-order valence-corrected chi connectivity index (χ1v) is 9.93. The Morgan fingerprint density at radius 2 is 1.77 bits per heavy atom. The second kappa shape index (κ2) is 9.43. The van der Waals surface area contributed by atoms with Gasteiger partial charge in [0, 0.05) is 24.3 Å². The molecule has 158 valence electrons. The monoisotopic (exact) mass is 410 g/mol. The summed E-state index contributed by atoms with van der Waals surface area (Å²) in [7, 11) is 0. The van der Waals surface area contributed by atoms with Crippen LogP contribution in [0.5, 0.6) is 5.75 Å². The number of hydrogen-bond acceptors (Lipinski definition) is 5. The van der Waals surface area contributed by atoms with Gasteiger partial charge in [-0.3, -0.25) is 14.4 Å². The van der Waals surface area contributed by atoms with Crippen molar-refractivity contribution in [2.75, 3.05) is 30.0 Å². The number of esters is 1. The van der Waals surface area contributed by atoms with Crippen molar-refractivity contribution < 1.29 is 23.9 Å². The third-order valence-corrected chi connectivity index (χ3v) is 4.77. The fourth-order valence-corrected chi connectivity index (χ4v) is 3.47. The zero-order valence-electron chi connectivity index (χ0n) is 17.4. The highest BCUT2D eigenvalue weighted by Gasteiger charge is 2.36. The largest absolute Gasteiger partial charge is 0.494 e. The molecule has 3 rings (SSSR count). The number of benzene rings is 2. The first kappa shape index (κ1) is 21.4. The number of anilines is 2. The van der Waals surface area contributed by atoms with Crippen molar-refractivity contribution in [3.63, 3.8) is 0 Å². The molecule has 7 heteroatoms. The summed E-state index contributed by atoms with van der Waals surface area (Å²) in [4.78, 5) is 38.4. The van der Waals surface area contributed by atoms with Crippen molar-refractivity contribution in [2.45, 2.75) is 27.2 Å². The van der Waals surface area contributed by atoms with E-state index >= 15 is 0 Å². The summed E-state index contributed by atoms with van der Waals surface area (Å²) in [5, 5.41) is 2.66. The van der Waals surface area contributed by atoms with Gasteiger partial charge in [-0.2, -0.15) is 0 Å². The summed E-state index contributed by atoms with van der Waals surface area (Å²) in [6, 6.07) is 12.8. The van der Waals surface area contributed by atoms with Crippen LogP contribution >= 0.6 is 0 Å². The van der Waals surface area contributed by atoms with Crippen LogP contribution in [0.2, 0.25) is 0 Å². The second-order valence-electron chi connectivity index (χ2n) is 7.36. The molecule has 1 aliphatic rings. The van der Waals surface area contributed by atoms with Gasteiger partial charge in [0.15, 0.2) is 6.61 Å². The molecule has 1 aliphatic heterocycles. The molecule has 2 aromatic carbocycles. The Morgan fingerprint density at radius 3 is 2.40 bits per heavy atom. The predicted molar refractivity (Wildman–Crippen MR) is 114 cm³/mol. The highest BCUT2D eigenvalue weighted by molar-refractivity contribution is 6.00. The van der Waals surface area contributed by atoms with E-state index in [-0.39, 0.29) is 18.9 Å². The van der Waals surface area contributed by atoms with Crippen LogP contribution in [0.25, 0.3) is 0 Å². The van der Waals surface area contributed by atoms with Gasteiger partial charge in [-0.15, -0.1) is 0 Å². The van der Waals surface area contributed by atoms with Crippen LogP contribution in [0.1, 0.15) is 24.5 Å². The Kier molecular flexibility index (Phi) is 6.72. The maximum absolute atomic E-state index is 12.4. The summed E-state index contributed by atoms with van der Waals surface area (Å²) in [6.07, 6.45) is 0.0757. The number of carbonyl (C=O) groups is 3. The van der Waals surface area contributed by atoms with Crippen LogP contribution in [0.4, 0.5) is 11.4 Å². The molecule has 0 bridgehead atoms. The molecule has 0 spiro atoms. The zero-order valence-corrected chi connectivity index (χ0v) is 17.4. The summed E-state index contributed by atoms with van der Waals surface area (Å²) in [5.41, 5.74) is 3.46. The number of carbonyl (C=O) groups excluding carboxylic acids is 3. The van der Waals surface area contributed by atoms with Crippen molar-refractivity contribution in [2.24, 2.45) is 5.92 Å². The smallest absolute Gasteiger partial charge is 0.311 e. The van der Waals surface area contributed by atoms with E-state index in [9.17, 15) is 14.4 Å². The van der Waals surface area contributed by atoms with Gasteiger partial charge in [-0.05, 0) is 68.3 Å². The molecule has 1 atom stereocenters. The van der Waals surface area contributed by atoms with Crippen molar-refractivity contribution in [1.82, 2.24) is 0 Å². The molecule has 2 amide bonds. The number of hydrogen-bond donors (Lipinski definition) is 1. The summed E-state index contributed by atoms with van der Waals surface area (Å²) in [5.74, 6) is -0.987. The lowest BCUT2D eigenvalue weighted by Gasteiger charge is -2.18. The Bertz CT molecular complexity index is 919. The van der Waals surface area contributed by atoms with Crippen molar-refractivity contribution in [1.29, 1.82) is 0 Å². The number of ether oxygens (including phenoxy) is 2. The third kappa shape index (κ3) is 5.37. The van der Waals surface area contributed by atoms with Crippen molar-refractivity contribution in [3.8, 4) is 5.75 Å². The van der Waals surface area contributed by atoms with E-state index in [1.165, 1.54) is 0 Å². The molecule has 1 saturated heterocycles. The van der Waals surface area contributed by atoms with Gasteiger partial charge in [0.2, 0.25) is 5.91 Å². The predicted octanol–water partition coefficient (Wildman–Crippen LogP) is 3.24. The molecule has 2 aromatic rings. The minimum Gasteiger partial charge on any atom is -0.494 e. The van der Waals surface area contributed by atoms with Gasteiger partial charge in [-0.1, -0.05) is 6.07 Å². The standard InChI is InChI=1S/C23H26N2O5/c1-4-29-20-7-5-18(6-8-20)24-21(26)14-30-23(28)17-12-22(27)25(13-17)19-10-15(2)9-16(3)11-19/h5-11,17H,4,12-14H2,1-3H3,(H,24,26)/t17-/m1/s1. The number of aryl methyl sites for hydroxylation is 2. The quantitative estimate of drug-likeness (QED) is 0.709. The van der Waals surface area contributed by atoms with E-state index in [2.05, 4.69) is 5.32 Å². The summed E-state index contributed by atoms with van der Waals surface area (Å²) >= 11 is 0. The van der Waals surface area contributed by atoms with Crippen LogP contribution in [0.3, 0.4) is 0 Å². The molecule has 0 aromatic heterocycles. The molecule has 0 aliphatic carbocycles. The van der Waals surface area contributed by atoms with Gasteiger partial charge in [0.1, 0.15) is 5.75 Å². The maximum atomic E-state index is 12.4. The Hall–Kier alpha value is -3.35. The lowest BCUT2D eigenvalue weighted by atomic mass is 10.1.